The number of aliphatic imine (C=N–C) groups is 1. The van der Waals surface area contributed by atoms with Gasteiger partial charge in [0.2, 0.25) is 0 Å². The van der Waals surface area contributed by atoms with Crippen LogP contribution in [0.1, 0.15) is 22.4 Å². The normalized spacial score (nSPS) is 21.3. The van der Waals surface area contributed by atoms with Gasteiger partial charge in [0.05, 0.1) is 0 Å². The summed E-state index contributed by atoms with van der Waals surface area (Å²) in [6.45, 7) is 2.07. The zero-order chi connectivity index (χ0) is 10.8. The molecule has 0 fully saturated rings. The topological polar surface area (TPSA) is 29.4 Å². The molecule has 1 aliphatic rings. The summed E-state index contributed by atoms with van der Waals surface area (Å²) in [4.78, 5) is 15.6. The SMILES string of the molecule is Cc1ccc(C2CC(=O)N=C([Se])[Se]2)cc1. The minimum atomic E-state index is 0.00227. The first-order valence-corrected chi connectivity index (χ1v) is 7.37. The van der Waals surface area contributed by atoms with Crippen LogP contribution in [0.25, 0.3) is 0 Å². The van der Waals surface area contributed by atoms with Crippen LogP contribution in [0.15, 0.2) is 29.3 Å². The molecular formula is C11H10NOSe2. The fourth-order valence-corrected chi connectivity index (χ4v) is 4.87. The first-order chi connectivity index (χ1) is 7.15. The van der Waals surface area contributed by atoms with E-state index in [9.17, 15) is 4.79 Å². The molecule has 2 nitrogen and oxygen atoms in total. The van der Waals surface area contributed by atoms with E-state index >= 15 is 0 Å². The standard InChI is InChI=1S/C11H10NOSe2/c1-7-2-4-8(5-3-7)9-6-10(13)12-11(14)15-9/h2-5,9H,6H2,1H3. The summed E-state index contributed by atoms with van der Waals surface area (Å²) in [6, 6.07) is 8.43. The van der Waals surface area contributed by atoms with Crippen LogP contribution in [0.5, 0.6) is 0 Å². The number of carbonyl (C=O) groups is 1. The first-order valence-electron chi connectivity index (χ1n) is 4.67. The molecule has 1 heterocycles. The summed E-state index contributed by atoms with van der Waals surface area (Å²) in [6.07, 6.45) is 0.564. The van der Waals surface area contributed by atoms with Crippen molar-refractivity contribution in [1.29, 1.82) is 0 Å². The summed E-state index contributed by atoms with van der Waals surface area (Å²) >= 11 is 3.16. The number of carbonyl (C=O) groups excluding carboxylic acids is 1. The summed E-state index contributed by atoms with van der Waals surface area (Å²) in [5.41, 5.74) is 2.52. The van der Waals surface area contributed by atoms with Crippen molar-refractivity contribution >= 4 is 40.4 Å². The van der Waals surface area contributed by atoms with Crippen LogP contribution in [0.2, 0.25) is 0 Å². The van der Waals surface area contributed by atoms with Gasteiger partial charge in [0.1, 0.15) is 0 Å². The minimum absolute atomic E-state index is 0.00227. The molecule has 0 spiro atoms. The Balaban J connectivity index is 2.22. The Hall–Kier alpha value is -0.401. The second-order valence-corrected chi connectivity index (χ2v) is 8.11. The van der Waals surface area contributed by atoms with E-state index in [0.29, 0.717) is 11.2 Å². The number of amides is 1. The zero-order valence-electron chi connectivity index (χ0n) is 8.27. The van der Waals surface area contributed by atoms with Crippen molar-refractivity contribution in [2.45, 2.75) is 18.2 Å². The van der Waals surface area contributed by atoms with Gasteiger partial charge in [-0.05, 0) is 0 Å². The molecule has 77 valence electrons. The summed E-state index contributed by atoms with van der Waals surface area (Å²) in [5, 5.41) is 0. The van der Waals surface area contributed by atoms with Crippen molar-refractivity contribution in [3.63, 3.8) is 0 Å². The van der Waals surface area contributed by atoms with E-state index < -0.39 is 0 Å². The van der Waals surface area contributed by atoms with Crippen molar-refractivity contribution in [3.05, 3.63) is 35.4 Å². The molecule has 0 saturated heterocycles. The molecule has 1 aliphatic heterocycles. The number of rotatable bonds is 1. The van der Waals surface area contributed by atoms with Crippen LogP contribution < -0.4 is 0 Å². The van der Waals surface area contributed by atoms with Crippen LogP contribution >= 0.6 is 0 Å². The van der Waals surface area contributed by atoms with Crippen molar-refractivity contribution in [2.75, 3.05) is 0 Å². The molecular weight excluding hydrogens is 320 g/mol. The van der Waals surface area contributed by atoms with Gasteiger partial charge in [0, 0.05) is 0 Å². The predicted octanol–water partition coefficient (Wildman–Crippen LogP) is 1.20. The zero-order valence-corrected chi connectivity index (χ0v) is 11.7. The monoisotopic (exact) mass is 332 g/mol. The average Bonchev–Trinajstić information content (AvgIpc) is 2.17. The number of hydrogen-bond donors (Lipinski definition) is 0. The molecule has 4 heteroatoms. The van der Waals surface area contributed by atoms with Gasteiger partial charge < -0.3 is 0 Å². The number of benzene rings is 1. The van der Waals surface area contributed by atoms with Gasteiger partial charge in [0.15, 0.2) is 0 Å². The molecule has 1 unspecified atom stereocenters. The second-order valence-electron chi connectivity index (χ2n) is 3.49. The van der Waals surface area contributed by atoms with Crippen molar-refractivity contribution in [2.24, 2.45) is 4.99 Å². The molecule has 0 saturated carbocycles. The molecule has 15 heavy (non-hydrogen) atoms. The van der Waals surface area contributed by atoms with Crippen molar-refractivity contribution in [3.8, 4) is 0 Å². The Morgan fingerprint density at radius 1 is 1.40 bits per heavy atom. The Morgan fingerprint density at radius 2 is 2.07 bits per heavy atom. The molecule has 1 atom stereocenters. The van der Waals surface area contributed by atoms with Gasteiger partial charge in [0.25, 0.3) is 0 Å². The van der Waals surface area contributed by atoms with Gasteiger partial charge in [-0.3, -0.25) is 0 Å². The van der Waals surface area contributed by atoms with Gasteiger partial charge in [-0.25, -0.2) is 0 Å². The van der Waals surface area contributed by atoms with Crippen LogP contribution in [0.4, 0.5) is 0 Å². The third-order valence-electron chi connectivity index (χ3n) is 2.27. The van der Waals surface area contributed by atoms with E-state index in [-0.39, 0.29) is 20.9 Å². The molecule has 1 aromatic carbocycles. The van der Waals surface area contributed by atoms with E-state index in [1.165, 1.54) is 11.1 Å². The molecule has 0 aromatic heterocycles. The van der Waals surface area contributed by atoms with Crippen molar-refractivity contribution in [1.82, 2.24) is 0 Å². The fraction of sp³-hybridized carbons (Fsp3) is 0.273. The van der Waals surface area contributed by atoms with Crippen molar-refractivity contribution < 1.29 is 4.79 Å². The summed E-state index contributed by atoms with van der Waals surface area (Å²) in [5.74, 6) is 0.00227. The van der Waals surface area contributed by atoms with Gasteiger partial charge in [-0.2, -0.15) is 0 Å². The molecule has 0 bridgehead atoms. The van der Waals surface area contributed by atoms with Gasteiger partial charge >= 0.3 is 104 Å². The first kappa shape index (κ1) is 11.1. The molecule has 1 aromatic rings. The predicted molar refractivity (Wildman–Crippen MR) is 62.5 cm³/mol. The van der Waals surface area contributed by atoms with E-state index in [1.54, 1.807) is 0 Å². The van der Waals surface area contributed by atoms with Crippen LogP contribution in [-0.2, 0) is 4.79 Å². The molecule has 0 N–H and O–H groups in total. The third kappa shape index (κ3) is 2.79. The second kappa shape index (κ2) is 4.63. The van der Waals surface area contributed by atoms with Crippen LogP contribution in [-0.4, -0.2) is 40.4 Å². The summed E-state index contributed by atoms with van der Waals surface area (Å²) in [7, 11) is 0. The van der Waals surface area contributed by atoms with Crippen LogP contribution in [0.3, 0.4) is 0 Å². The Kier molecular flexibility index (Phi) is 3.42. The molecule has 1 amide bonds. The molecule has 1 radical (unpaired) electrons. The summed E-state index contributed by atoms with van der Waals surface area (Å²) < 4.78 is 0.893. The van der Waals surface area contributed by atoms with Gasteiger partial charge in [-0.15, -0.1) is 0 Å². The number of nitrogens with zero attached hydrogens (tertiary/aromatic N) is 1. The van der Waals surface area contributed by atoms with Gasteiger partial charge in [-0.1, -0.05) is 0 Å². The van der Waals surface area contributed by atoms with E-state index in [0.717, 1.165) is 3.51 Å². The van der Waals surface area contributed by atoms with E-state index in [4.69, 9.17) is 0 Å². The third-order valence-corrected chi connectivity index (χ3v) is 5.64. The number of aryl methyl sites for hydroxylation is 1. The maximum atomic E-state index is 11.3. The number of hydrogen-bond acceptors (Lipinski definition) is 1. The quantitative estimate of drug-likeness (QED) is 0.712. The van der Waals surface area contributed by atoms with E-state index in [2.05, 4.69) is 52.2 Å². The fourth-order valence-electron chi connectivity index (χ4n) is 1.46. The maximum absolute atomic E-state index is 11.3. The Bertz CT molecular complexity index is 411. The Labute approximate surface area is 104 Å². The van der Waals surface area contributed by atoms with Crippen LogP contribution in [0, 0.1) is 6.92 Å². The van der Waals surface area contributed by atoms with E-state index in [1.807, 2.05) is 0 Å². The Morgan fingerprint density at radius 3 is 2.67 bits per heavy atom. The average molecular weight is 330 g/mol. The molecule has 2 rings (SSSR count). The molecule has 0 aliphatic carbocycles.